The highest BCUT2D eigenvalue weighted by molar-refractivity contribution is 7.21. The number of piperazine rings is 1. The Labute approximate surface area is 190 Å². The average molecular weight is 450 g/mol. The minimum atomic E-state index is -0.307. The van der Waals surface area contributed by atoms with E-state index in [9.17, 15) is 9.18 Å². The van der Waals surface area contributed by atoms with Crippen LogP contribution in [0.2, 0.25) is 0 Å². The van der Waals surface area contributed by atoms with Crippen LogP contribution in [0, 0.1) is 5.82 Å². The van der Waals surface area contributed by atoms with Crippen LogP contribution in [0.1, 0.15) is 20.8 Å². The molecule has 1 fully saturated rings. The predicted molar refractivity (Wildman–Crippen MR) is 125 cm³/mol. The van der Waals surface area contributed by atoms with Gasteiger partial charge in [0, 0.05) is 67.1 Å². The minimum Gasteiger partial charge on any atom is -0.380 e. The molecule has 5 rings (SSSR count). The first kappa shape index (κ1) is 21.0. The summed E-state index contributed by atoms with van der Waals surface area (Å²) in [6, 6.07) is 15.3. The molecule has 1 aliphatic heterocycles. The summed E-state index contributed by atoms with van der Waals surface area (Å²) in [5.41, 5.74) is 2.88. The third-order valence-corrected chi connectivity index (χ3v) is 7.20. The Morgan fingerprint density at radius 2 is 1.88 bits per heavy atom. The van der Waals surface area contributed by atoms with Gasteiger partial charge in [0.1, 0.15) is 5.82 Å². The fraction of sp³-hybridized carbons (Fsp3) is 0.280. The lowest BCUT2D eigenvalue weighted by Gasteiger charge is -2.34. The summed E-state index contributed by atoms with van der Waals surface area (Å²) in [6.45, 7) is 3.87. The first-order valence-corrected chi connectivity index (χ1v) is 11.5. The van der Waals surface area contributed by atoms with Crippen molar-refractivity contribution in [2.75, 3.05) is 33.3 Å². The van der Waals surface area contributed by atoms with Gasteiger partial charge in [0.15, 0.2) is 0 Å². The maximum absolute atomic E-state index is 14.5. The Balaban J connectivity index is 1.32. The standard InChI is InChI=1S/C25H24FN3O2S/c1-31-16-19-22-20(26)8-3-9-21(22)32-24(19)25(30)29-13-11-28(12-14-29)15-18-6-2-5-17-7-4-10-27-23(17)18/h2-10H,11-16H2,1H3. The number of thiophene rings is 1. The smallest absolute Gasteiger partial charge is 0.264 e. The molecule has 0 unspecified atom stereocenters. The zero-order valence-electron chi connectivity index (χ0n) is 17.9. The van der Waals surface area contributed by atoms with Crippen LogP contribution in [0.5, 0.6) is 0 Å². The Bertz CT molecular complexity index is 1280. The quantitative estimate of drug-likeness (QED) is 0.443. The van der Waals surface area contributed by atoms with Gasteiger partial charge < -0.3 is 9.64 Å². The minimum absolute atomic E-state index is 0.0378. The molecule has 1 saturated heterocycles. The van der Waals surface area contributed by atoms with Gasteiger partial charge in [-0.3, -0.25) is 14.7 Å². The van der Waals surface area contributed by atoms with E-state index >= 15 is 0 Å². The van der Waals surface area contributed by atoms with E-state index in [-0.39, 0.29) is 18.3 Å². The molecule has 0 radical (unpaired) electrons. The van der Waals surface area contributed by atoms with Crippen molar-refractivity contribution in [3.63, 3.8) is 0 Å². The van der Waals surface area contributed by atoms with Crippen molar-refractivity contribution in [1.82, 2.24) is 14.8 Å². The van der Waals surface area contributed by atoms with E-state index in [2.05, 4.69) is 34.1 Å². The van der Waals surface area contributed by atoms with Crippen LogP contribution < -0.4 is 0 Å². The van der Waals surface area contributed by atoms with Gasteiger partial charge in [0.25, 0.3) is 5.91 Å². The number of aromatic nitrogens is 1. The number of carbonyl (C=O) groups excluding carboxylic acids is 1. The van der Waals surface area contributed by atoms with Crippen molar-refractivity contribution in [3.8, 4) is 0 Å². The average Bonchev–Trinajstić information content (AvgIpc) is 3.19. The van der Waals surface area contributed by atoms with Crippen molar-refractivity contribution >= 4 is 38.2 Å². The summed E-state index contributed by atoms with van der Waals surface area (Å²) in [5, 5.41) is 1.64. The number of para-hydroxylation sites is 1. The normalized spacial score (nSPS) is 15.0. The number of hydrogen-bond donors (Lipinski definition) is 0. The molecular weight excluding hydrogens is 425 g/mol. The summed E-state index contributed by atoms with van der Waals surface area (Å²) >= 11 is 1.35. The monoisotopic (exact) mass is 449 g/mol. The summed E-state index contributed by atoms with van der Waals surface area (Å²) in [5.74, 6) is -0.345. The first-order valence-electron chi connectivity index (χ1n) is 10.7. The van der Waals surface area contributed by atoms with Crippen LogP contribution in [0.3, 0.4) is 0 Å². The number of halogens is 1. The molecule has 5 nitrogen and oxygen atoms in total. The number of benzene rings is 2. The highest BCUT2D eigenvalue weighted by atomic mass is 32.1. The topological polar surface area (TPSA) is 45.7 Å². The third kappa shape index (κ3) is 3.88. The van der Waals surface area contributed by atoms with Crippen molar-refractivity contribution in [2.24, 2.45) is 0 Å². The Morgan fingerprint density at radius 1 is 1.09 bits per heavy atom. The van der Waals surface area contributed by atoms with Crippen LogP contribution in [0.4, 0.5) is 4.39 Å². The molecule has 0 atom stereocenters. The van der Waals surface area contributed by atoms with E-state index in [1.165, 1.54) is 23.0 Å². The van der Waals surface area contributed by atoms with E-state index in [1.807, 2.05) is 23.2 Å². The largest absolute Gasteiger partial charge is 0.380 e. The maximum atomic E-state index is 14.5. The molecule has 0 aliphatic carbocycles. The second-order valence-corrected chi connectivity index (χ2v) is 9.07. The first-order chi connectivity index (χ1) is 15.7. The van der Waals surface area contributed by atoms with Crippen molar-refractivity contribution < 1.29 is 13.9 Å². The molecule has 164 valence electrons. The van der Waals surface area contributed by atoms with E-state index < -0.39 is 0 Å². The Kier molecular flexibility index (Phi) is 5.87. The van der Waals surface area contributed by atoms with Crippen LogP contribution in [0.15, 0.2) is 54.7 Å². The van der Waals surface area contributed by atoms with E-state index in [0.717, 1.165) is 35.2 Å². The molecule has 2 aromatic heterocycles. The highest BCUT2D eigenvalue weighted by Crippen LogP contribution is 2.34. The third-order valence-electron chi connectivity index (χ3n) is 6.02. The van der Waals surface area contributed by atoms with Crippen LogP contribution in [-0.2, 0) is 17.9 Å². The van der Waals surface area contributed by atoms with Crippen molar-refractivity contribution in [3.05, 3.63) is 76.5 Å². The zero-order chi connectivity index (χ0) is 22.1. The number of ether oxygens (including phenoxy) is 1. The van der Waals surface area contributed by atoms with Crippen LogP contribution >= 0.6 is 11.3 Å². The molecule has 2 aromatic carbocycles. The summed E-state index contributed by atoms with van der Waals surface area (Å²) in [7, 11) is 1.57. The molecule has 1 amide bonds. The highest BCUT2D eigenvalue weighted by Gasteiger charge is 2.27. The number of amides is 1. The van der Waals surface area contributed by atoms with Gasteiger partial charge in [0.05, 0.1) is 17.0 Å². The van der Waals surface area contributed by atoms with E-state index in [0.29, 0.717) is 28.9 Å². The number of fused-ring (bicyclic) bond motifs is 2. The van der Waals surface area contributed by atoms with Gasteiger partial charge in [-0.25, -0.2) is 4.39 Å². The summed E-state index contributed by atoms with van der Waals surface area (Å²) in [4.78, 5) is 22.7. The molecule has 32 heavy (non-hydrogen) atoms. The number of methoxy groups -OCH3 is 1. The molecule has 0 saturated carbocycles. The second-order valence-electron chi connectivity index (χ2n) is 8.02. The van der Waals surface area contributed by atoms with Crippen molar-refractivity contribution in [1.29, 1.82) is 0 Å². The van der Waals surface area contributed by atoms with Gasteiger partial charge >= 0.3 is 0 Å². The fourth-order valence-corrected chi connectivity index (χ4v) is 5.60. The molecule has 0 N–H and O–H groups in total. The second kappa shape index (κ2) is 8.94. The number of pyridine rings is 1. The lowest BCUT2D eigenvalue weighted by Crippen LogP contribution is -2.48. The SMILES string of the molecule is COCc1c(C(=O)N2CCN(Cc3cccc4cccnc34)CC2)sc2cccc(F)c12. The molecular formula is C25H24FN3O2S. The number of rotatable bonds is 5. The zero-order valence-corrected chi connectivity index (χ0v) is 18.7. The summed E-state index contributed by atoms with van der Waals surface area (Å²) < 4.78 is 20.6. The molecule has 1 aliphatic rings. The summed E-state index contributed by atoms with van der Waals surface area (Å²) in [6.07, 6.45) is 1.83. The lowest BCUT2D eigenvalue weighted by molar-refractivity contribution is 0.0630. The predicted octanol–water partition coefficient (Wildman–Crippen LogP) is 4.69. The van der Waals surface area contributed by atoms with Crippen LogP contribution in [0.25, 0.3) is 21.0 Å². The van der Waals surface area contributed by atoms with Gasteiger partial charge in [-0.05, 0) is 23.8 Å². The van der Waals surface area contributed by atoms with Gasteiger partial charge in [-0.15, -0.1) is 11.3 Å². The number of carbonyl (C=O) groups is 1. The maximum Gasteiger partial charge on any atom is 0.264 e. The molecule has 0 bridgehead atoms. The van der Waals surface area contributed by atoms with E-state index in [1.54, 1.807) is 13.2 Å². The molecule has 7 heteroatoms. The fourth-order valence-electron chi connectivity index (χ4n) is 4.41. The number of hydrogen-bond acceptors (Lipinski definition) is 5. The van der Waals surface area contributed by atoms with E-state index in [4.69, 9.17) is 4.74 Å². The number of nitrogens with zero attached hydrogens (tertiary/aromatic N) is 3. The van der Waals surface area contributed by atoms with Gasteiger partial charge in [-0.2, -0.15) is 0 Å². The lowest BCUT2D eigenvalue weighted by atomic mass is 10.1. The van der Waals surface area contributed by atoms with Gasteiger partial charge in [0.2, 0.25) is 0 Å². The molecule has 0 spiro atoms. The Morgan fingerprint density at radius 3 is 2.69 bits per heavy atom. The Hall–Kier alpha value is -2.87. The van der Waals surface area contributed by atoms with Crippen molar-refractivity contribution in [2.45, 2.75) is 13.2 Å². The molecule has 3 heterocycles. The van der Waals surface area contributed by atoms with Gasteiger partial charge in [-0.1, -0.05) is 30.3 Å². The van der Waals surface area contributed by atoms with Crippen LogP contribution in [-0.4, -0.2) is 54.0 Å². The molecule has 4 aromatic rings.